The number of hydrogen-bond donors (Lipinski definition) is 0. The normalized spacial score (nSPS) is 36.0. The van der Waals surface area contributed by atoms with Crippen LogP contribution in [0.2, 0.25) is 0 Å². The first-order chi connectivity index (χ1) is 15.7. The van der Waals surface area contributed by atoms with Crippen LogP contribution in [0.4, 0.5) is 0 Å². The van der Waals surface area contributed by atoms with E-state index in [-0.39, 0.29) is 5.41 Å². The fourth-order valence-corrected chi connectivity index (χ4v) is 7.91. The lowest BCUT2D eigenvalue weighted by molar-refractivity contribution is 0.0601. The molecule has 32 heavy (non-hydrogen) atoms. The zero-order valence-electron chi connectivity index (χ0n) is 21.9. The molecule has 0 atom stereocenters. The molecule has 0 aromatic carbocycles. The Bertz CT molecular complexity index is 521. The quantitative estimate of drug-likeness (QED) is 0.276. The zero-order valence-corrected chi connectivity index (χ0v) is 21.9. The Morgan fingerprint density at radius 3 is 1.62 bits per heavy atom. The SMILES string of the molecule is CCCCCCCC1CCC([C@H]2CC[C@](C#N)(C3CCC(CCCCC)CC3)CC2)CC1. The van der Waals surface area contributed by atoms with E-state index in [2.05, 4.69) is 19.9 Å². The molecule has 0 bridgehead atoms. The smallest absolute Gasteiger partial charge is 0.0692 e. The molecule has 0 aromatic heterocycles. The van der Waals surface area contributed by atoms with Crippen molar-refractivity contribution >= 4 is 0 Å². The predicted octanol–water partition coefficient (Wildman–Crippen LogP) is 10.2. The third kappa shape index (κ3) is 7.50. The molecule has 3 rings (SSSR count). The van der Waals surface area contributed by atoms with Crippen molar-refractivity contribution in [2.45, 2.75) is 155 Å². The van der Waals surface area contributed by atoms with Crippen molar-refractivity contribution in [2.24, 2.45) is 35.0 Å². The molecule has 0 N–H and O–H groups in total. The summed E-state index contributed by atoms with van der Waals surface area (Å²) in [4.78, 5) is 0. The summed E-state index contributed by atoms with van der Waals surface area (Å²) < 4.78 is 0. The second-order valence-corrected chi connectivity index (χ2v) is 12.3. The summed E-state index contributed by atoms with van der Waals surface area (Å²) in [5.41, 5.74) is 0.0422. The molecule has 0 spiro atoms. The topological polar surface area (TPSA) is 23.8 Å². The van der Waals surface area contributed by atoms with Gasteiger partial charge in [-0.3, -0.25) is 0 Å². The van der Waals surface area contributed by atoms with Gasteiger partial charge in [-0.25, -0.2) is 0 Å². The van der Waals surface area contributed by atoms with Crippen LogP contribution in [-0.4, -0.2) is 0 Å². The number of nitrogens with zero attached hydrogens (tertiary/aromatic N) is 1. The first-order valence-corrected chi connectivity index (χ1v) is 15.1. The summed E-state index contributed by atoms with van der Waals surface area (Å²) in [5, 5.41) is 10.3. The Morgan fingerprint density at radius 1 is 0.594 bits per heavy atom. The van der Waals surface area contributed by atoms with E-state index >= 15 is 0 Å². The van der Waals surface area contributed by atoms with Gasteiger partial charge in [-0.05, 0) is 81.0 Å². The van der Waals surface area contributed by atoms with Gasteiger partial charge in [-0.2, -0.15) is 5.26 Å². The van der Waals surface area contributed by atoms with Gasteiger partial charge in [0.05, 0.1) is 11.5 Å². The van der Waals surface area contributed by atoms with Gasteiger partial charge in [0.1, 0.15) is 0 Å². The summed E-state index contributed by atoms with van der Waals surface area (Å²) in [7, 11) is 0. The van der Waals surface area contributed by atoms with Gasteiger partial charge in [-0.1, -0.05) is 104 Å². The van der Waals surface area contributed by atoms with Crippen LogP contribution < -0.4 is 0 Å². The summed E-state index contributed by atoms with van der Waals surface area (Å²) >= 11 is 0. The van der Waals surface area contributed by atoms with Gasteiger partial charge >= 0.3 is 0 Å². The Hall–Kier alpha value is -0.510. The molecule has 0 amide bonds. The molecule has 0 radical (unpaired) electrons. The molecule has 0 unspecified atom stereocenters. The average molecular weight is 442 g/mol. The van der Waals surface area contributed by atoms with E-state index in [1.165, 1.54) is 141 Å². The van der Waals surface area contributed by atoms with Crippen molar-refractivity contribution in [1.82, 2.24) is 0 Å². The molecule has 0 aliphatic heterocycles. The predicted molar refractivity (Wildman–Crippen MR) is 138 cm³/mol. The van der Waals surface area contributed by atoms with E-state index in [0.29, 0.717) is 5.92 Å². The van der Waals surface area contributed by atoms with Crippen molar-refractivity contribution in [3.05, 3.63) is 0 Å². The van der Waals surface area contributed by atoms with E-state index in [4.69, 9.17) is 0 Å². The third-order valence-corrected chi connectivity index (χ3v) is 10.3. The van der Waals surface area contributed by atoms with Gasteiger partial charge in [-0.15, -0.1) is 0 Å². The van der Waals surface area contributed by atoms with Crippen molar-refractivity contribution in [2.75, 3.05) is 0 Å². The molecule has 184 valence electrons. The molecule has 3 saturated carbocycles. The number of hydrogen-bond acceptors (Lipinski definition) is 1. The van der Waals surface area contributed by atoms with Crippen molar-refractivity contribution in [3.63, 3.8) is 0 Å². The van der Waals surface area contributed by atoms with Gasteiger partial charge in [0.25, 0.3) is 0 Å². The van der Waals surface area contributed by atoms with Gasteiger partial charge in [0, 0.05) is 0 Å². The molecule has 3 fully saturated rings. The van der Waals surface area contributed by atoms with Crippen molar-refractivity contribution in [1.29, 1.82) is 5.26 Å². The molecule has 1 heteroatoms. The highest BCUT2D eigenvalue weighted by Gasteiger charge is 2.44. The molecule has 1 nitrogen and oxygen atoms in total. The summed E-state index contributed by atoms with van der Waals surface area (Å²) in [6, 6.07) is 2.92. The van der Waals surface area contributed by atoms with Gasteiger partial charge in [0.15, 0.2) is 0 Å². The molecule has 0 aromatic rings. The van der Waals surface area contributed by atoms with Crippen LogP contribution in [0.25, 0.3) is 0 Å². The van der Waals surface area contributed by atoms with Gasteiger partial charge in [0.2, 0.25) is 0 Å². The maximum absolute atomic E-state index is 10.3. The Morgan fingerprint density at radius 2 is 1.06 bits per heavy atom. The van der Waals surface area contributed by atoms with Crippen LogP contribution >= 0.6 is 0 Å². The van der Waals surface area contributed by atoms with Crippen molar-refractivity contribution in [3.8, 4) is 6.07 Å². The monoisotopic (exact) mass is 441 g/mol. The molecular weight excluding hydrogens is 386 g/mol. The maximum atomic E-state index is 10.3. The van der Waals surface area contributed by atoms with E-state index in [1.54, 1.807) is 0 Å². The standard InChI is InChI=1S/C31H55N/c1-3-5-7-8-10-12-26-13-17-28(18-14-26)29-21-23-31(25-32,24-22-29)30-19-15-27(16-20-30)11-9-6-4-2/h26-30H,3-24H2,1-2H3/t26?,27?,28?,29-,30?,31-. The lowest BCUT2D eigenvalue weighted by atomic mass is 9.57. The first kappa shape index (κ1) is 26.1. The largest absolute Gasteiger partial charge is 0.198 e. The fourth-order valence-electron chi connectivity index (χ4n) is 7.91. The fraction of sp³-hybridized carbons (Fsp3) is 0.968. The van der Waals surface area contributed by atoms with E-state index in [0.717, 1.165) is 23.7 Å². The van der Waals surface area contributed by atoms with Crippen LogP contribution in [0.5, 0.6) is 0 Å². The average Bonchev–Trinajstić information content (AvgIpc) is 2.85. The van der Waals surface area contributed by atoms with Crippen LogP contribution in [0.1, 0.15) is 155 Å². The molecule has 0 saturated heterocycles. The third-order valence-electron chi connectivity index (χ3n) is 10.3. The Kier molecular flexibility index (Phi) is 11.4. The molecule has 3 aliphatic rings. The summed E-state index contributed by atoms with van der Waals surface area (Å²) in [5.74, 6) is 4.62. The highest BCUT2D eigenvalue weighted by Crippen LogP contribution is 2.52. The second kappa shape index (κ2) is 14.0. The maximum Gasteiger partial charge on any atom is 0.0692 e. The van der Waals surface area contributed by atoms with Crippen LogP contribution in [-0.2, 0) is 0 Å². The van der Waals surface area contributed by atoms with E-state index < -0.39 is 0 Å². The van der Waals surface area contributed by atoms with E-state index in [9.17, 15) is 5.26 Å². The Balaban J connectivity index is 1.35. The highest BCUT2D eigenvalue weighted by atomic mass is 14.5. The second-order valence-electron chi connectivity index (χ2n) is 12.3. The number of unbranched alkanes of at least 4 members (excludes halogenated alkanes) is 6. The van der Waals surface area contributed by atoms with Crippen LogP contribution in [0.15, 0.2) is 0 Å². The van der Waals surface area contributed by atoms with Crippen LogP contribution in [0.3, 0.4) is 0 Å². The number of nitriles is 1. The minimum absolute atomic E-state index is 0.0422. The van der Waals surface area contributed by atoms with Crippen molar-refractivity contribution < 1.29 is 0 Å². The molecular formula is C31H55N. The lowest BCUT2D eigenvalue weighted by Gasteiger charge is -2.46. The molecule has 3 aliphatic carbocycles. The summed E-state index contributed by atoms with van der Waals surface area (Å²) in [6.45, 7) is 4.62. The molecule has 0 heterocycles. The minimum atomic E-state index is 0.0422. The zero-order chi connectivity index (χ0) is 22.7. The van der Waals surface area contributed by atoms with Crippen LogP contribution in [0, 0.1) is 46.3 Å². The first-order valence-electron chi connectivity index (χ1n) is 15.1. The van der Waals surface area contributed by atoms with E-state index in [1.807, 2.05) is 0 Å². The Labute approximate surface area is 201 Å². The minimum Gasteiger partial charge on any atom is -0.198 e. The van der Waals surface area contributed by atoms with Gasteiger partial charge < -0.3 is 0 Å². The lowest BCUT2D eigenvalue weighted by Crippen LogP contribution is -2.38. The number of rotatable bonds is 12. The highest BCUT2D eigenvalue weighted by molar-refractivity contribution is 5.06. The summed E-state index contributed by atoms with van der Waals surface area (Å²) in [6.07, 6.45) is 31.0.